The monoisotopic (exact) mass is 290 g/mol. The van der Waals surface area contributed by atoms with Crippen LogP contribution in [0.5, 0.6) is 11.5 Å². The fourth-order valence-electron chi connectivity index (χ4n) is 1.90. The Labute approximate surface area is 120 Å². The fraction of sp³-hybridized carbons (Fsp3) is 0.143. The maximum absolute atomic E-state index is 12.2. The van der Waals surface area contributed by atoms with Crippen molar-refractivity contribution in [3.63, 3.8) is 0 Å². The van der Waals surface area contributed by atoms with E-state index in [0.29, 0.717) is 27.9 Å². The Hall–Kier alpha value is -2.27. The predicted octanol–water partition coefficient (Wildman–Crippen LogP) is 3.02. The molecule has 1 amide bonds. The number of rotatable bonds is 2. The number of anilines is 1. The molecule has 1 aliphatic heterocycles. The molecule has 0 unspecified atom stereocenters. The van der Waals surface area contributed by atoms with Crippen LogP contribution < -0.4 is 14.8 Å². The molecule has 0 fully saturated rings. The third-order valence-electron chi connectivity index (χ3n) is 2.82. The lowest BCUT2D eigenvalue weighted by atomic mass is 10.2. The van der Waals surface area contributed by atoms with Crippen LogP contribution in [0.1, 0.15) is 16.1 Å². The summed E-state index contributed by atoms with van der Waals surface area (Å²) in [6, 6.07) is 8.54. The van der Waals surface area contributed by atoms with Gasteiger partial charge in [-0.3, -0.25) is 4.79 Å². The number of halogens is 1. The SMILES string of the molecule is Cc1cccc(NC(=O)c2cc(Cl)c3c(c2)OCO3)n1. The molecule has 0 radical (unpaired) electrons. The van der Waals surface area contributed by atoms with Gasteiger partial charge in [-0.2, -0.15) is 0 Å². The zero-order valence-electron chi connectivity index (χ0n) is 10.6. The molecule has 2 aromatic rings. The van der Waals surface area contributed by atoms with Crippen molar-refractivity contribution in [1.29, 1.82) is 0 Å². The highest BCUT2D eigenvalue weighted by Gasteiger charge is 2.20. The molecule has 102 valence electrons. The first-order valence-corrected chi connectivity index (χ1v) is 6.35. The lowest BCUT2D eigenvalue weighted by molar-refractivity contribution is 0.102. The van der Waals surface area contributed by atoms with Gasteiger partial charge in [0.05, 0.1) is 5.02 Å². The van der Waals surface area contributed by atoms with Gasteiger partial charge in [0.15, 0.2) is 11.5 Å². The summed E-state index contributed by atoms with van der Waals surface area (Å²) in [4.78, 5) is 16.4. The second kappa shape index (κ2) is 5.02. The minimum Gasteiger partial charge on any atom is -0.454 e. The van der Waals surface area contributed by atoms with E-state index < -0.39 is 0 Å². The van der Waals surface area contributed by atoms with Gasteiger partial charge in [0.25, 0.3) is 5.91 Å². The maximum Gasteiger partial charge on any atom is 0.257 e. The van der Waals surface area contributed by atoms with Crippen molar-refractivity contribution >= 4 is 23.3 Å². The van der Waals surface area contributed by atoms with Gasteiger partial charge < -0.3 is 14.8 Å². The van der Waals surface area contributed by atoms with E-state index in [4.69, 9.17) is 21.1 Å². The molecule has 1 aliphatic rings. The molecule has 0 saturated carbocycles. The van der Waals surface area contributed by atoms with Crippen LogP contribution in [-0.4, -0.2) is 17.7 Å². The standard InChI is InChI=1S/C14H11ClN2O3/c1-8-3-2-4-12(16-8)17-14(18)9-5-10(15)13-11(6-9)19-7-20-13/h2-6H,7H2,1H3,(H,16,17,18). The van der Waals surface area contributed by atoms with Crippen molar-refractivity contribution in [2.75, 3.05) is 12.1 Å². The van der Waals surface area contributed by atoms with Gasteiger partial charge in [0.2, 0.25) is 6.79 Å². The van der Waals surface area contributed by atoms with Crippen molar-refractivity contribution in [2.24, 2.45) is 0 Å². The Morgan fingerprint density at radius 3 is 3.00 bits per heavy atom. The fourth-order valence-corrected chi connectivity index (χ4v) is 2.16. The second-order valence-corrected chi connectivity index (χ2v) is 4.72. The Morgan fingerprint density at radius 1 is 1.35 bits per heavy atom. The van der Waals surface area contributed by atoms with Crippen LogP contribution in [0.4, 0.5) is 5.82 Å². The van der Waals surface area contributed by atoms with Gasteiger partial charge >= 0.3 is 0 Å². The number of nitrogens with one attached hydrogen (secondary N) is 1. The van der Waals surface area contributed by atoms with Gasteiger partial charge in [-0.05, 0) is 31.2 Å². The normalized spacial score (nSPS) is 12.3. The zero-order valence-corrected chi connectivity index (χ0v) is 11.4. The van der Waals surface area contributed by atoms with Gasteiger partial charge in [0, 0.05) is 11.3 Å². The number of hydrogen-bond donors (Lipinski definition) is 1. The number of pyridine rings is 1. The molecule has 0 saturated heterocycles. The molecular weight excluding hydrogens is 280 g/mol. The molecule has 2 heterocycles. The van der Waals surface area contributed by atoms with Crippen molar-refractivity contribution < 1.29 is 14.3 Å². The smallest absolute Gasteiger partial charge is 0.257 e. The summed E-state index contributed by atoms with van der Waals surface area (Å²) >= 11 is 6.05. The molecule has 1 aromatic carbocycles. The van der Waals surface area contributed by atoms with Gasteiger partial charge in [-0.15, -0.1) is 0 Å². The minimum atomic E-state index is -0.302. The number of carbonyl (C=O) groups is 1. The molecular formula is C14H11ClN2O3. The van der Waals surface area contributed by atoms with Crippen molar-refractivity contribution in [2.45, 2.75) is 6.92 Å². The molecule has 0 atom stereocenters. The number of aromatic nitrogens is 1. The van der Waals surface area contributed by atoms with Crippen LogP contribution >= 0.6 is 11.6 Å². The first-order valence-electron chi connectivity index (χ1n) is 5.97. The first kappa shape index (κ1) is 12.7. The summed E-state index contributed by atoms with van der Waals surface area (Å²) in [6.45, 7) is 1.96. The number of carbonyl (C=O) groups excluding carboxylic acids is 1. The van der Waals surface area contributed by atoms with Crippen LogP contribution in [-0.2, 0) is 0 Å². The molecule has 1 aromatic heterocycles. The van der Waals surface area contributed by atoms with Crippen LogP contribution in [0, 0.1) is 6.92 Å². The van der Waals surface area contributed by atoms with E-state index in [0.717, 1.165) is 5.69 Å². The molecule has 0 spiro atoms. The largest absolute Gasteiger partial charge is 0.454 e. The third kappa shape index (κ3) is 2.40. The lowest BCUT2D eigenvalue weighted by Crippen LogP contribution is -2.13. The van der Waals surface area contributed by atoms with E-state index in [-0.39, 0.29) is 12.7 Å². The van der Waals surface area contributed by atoms with Crippen LogP contribution in [0.25, 0.3) is 0 Å². The molecule has 0 aliphatic carbocycles. The number of fused-ring (bicyclic) bond motifs is 1. The Bertz CT molecular complexity index is 688. The van der Waals surface area contributed by atoms with E-state index in [1.807, 2.05) is 19.1 Å². The predicted molar refractivity (Wildman–Crippen MR) is 74.5 cm³/mol. The highest BCUT2D eigenvalue weighted by Crippen LogP contribution is 2.39. The number of amides is 1. The molecule has 6 heteroatoms. The van der Waals surface area contributed by atoms with Crippen molar-refractivity contribution in [3.05, 3.63) is 46.6 Å². The number of hydrogen-bond acceptors (Lipinski definition) is 4. The highest BCUT2D eigenvalue weighted by molar-refractivity contribution is 6.32. The summed E-state index contributed by atoms with van der Waals surface area (Å²) in [7, 11) is 0. The van der Waals surface area contributed by atoms with Crippen LogP contribution in [0.3, 0.4) is 0 Å². The molecule has 3 rings (SSSR count). The second-order valence-electron chi connectivity index (χ2n) is 4.31. The number of nitrogens with zero attached hydrogens (tertiary/aromatic N) is 1. The molecule has 0 bridgehead atoms. The number of aryl methyl sites for hydroxylation is 1. The Kier molecular flexibility index (Phi) is 3.20. The lowest BCUT2D eigenvalue weighted by Gasteiger charge is -2.07. The summed E-state index contributed by atoms with van der Waals surface area (Å²) in [5.74, 6) is 1.13. The third-order valence-corrected chi connectivity index (χ3v) is 3.10. The topological polar surface area (TPSA) is 60.5 Å². The van der Waals surface area contributed by atoms with Gasteiger partial charge in [-0.25, -0.2) is 4.98 Å². The summed E-state index contributed by atoms with van der Waals surface area (Å²) in [6.07, 6.45) is 0. The van der Waals surface area contributed by atoms with Gasteiger partial charge in [-0.1, -0.05) is 17.7 Å². The Balaban J connectivity index is 1.86. The molecule has 5 nitrogen and oxygen atoms in total. The quantitative estimate of drug-likeness (QED) is 0.923. The Morgan fingerprint density at radius 2 is 2.20 bits per heavy atom. The number of ether oxygens (including phenoxy) is 2. The van der Waals surface area contributed by atoms with Crippen molar-refractivity contribution in [1.82, 2.24) is 4.98 Å². The zero-order chi connectivity index (χ0) is 14.1. The summed E-state index contributed by atoms with van der Waals surface area (Å²) in [5, 5.41) is 3.06. The van der Waals surface area contributed by atoms with E-state index in [2.05, 4.69) is 10.3 Å². The average Bonchev–Trinajstić information content (AvgIpc) is 2.87. The van der Waals surface area contributed by atoms with Crippen molar-refractivity contribution in [3.8, 4) is 11.5 Å². The van der Waals surface area contributed by atoms with Crippen LogP contribution in [0.2, 0.25) is 5.02 Å². The average molecular weight is 291 g/mol. The van der Waals surface area contributed by atoms with E-state index in [1.54, 1.807) is 18.2 Å². The molecule has 20 heavy (non-hydrogen) atoms. The van der Waals surface area contributed by atoms with E-state index >= 15 is 0 Å². The maximum atomic E-state index is 12.2. The minimum absolute atomic E-state index is 0.111. The number of benzene rings is 1. The van der Waals surface area contributed by atoms with Gasteiger partial charge in [0.1, 0.15) is 5.82 Å². The van der Waals surface area contributed by atoms with E-state index in [9.17, 15) is 4.79 Å². The summed E-state index contributed by atoms with van der Waals surface area (Å²) < 4.78 is 10.4. The van der Waals surface area contributed by atoms with E-state index in [1.165, 1.54) is 0 Å². The van der Waals surface area contributed by atoms with Crippen LogP contribution in [0.15, 0.2) is 30.3 Å². The highest BCUT2D eigenvalue weighted by atomic mass is 35.5. The summed E-state index contributed by atoms with van der Waals surface area (Å²) in [5.41, 5.74) is 1.22. The first-order chi connectivity index (χ1) is 9.63. The molecule has 1 N–H and O–H groups in total.